The number of benzene rings is 1. The molecule has 1 aromatic carbocycles. The van der Waals surface area contributed by atoms with Gasteiger partial charge in [-0.15, -0.1) is 0 Å². The Morgan fingerprint density at radius 1 is 1.62 bits per heavy atom. The first-order valence-corrected chi connectivity index (χ1v) is 5.82. The maximum absolute atomic E-state index is 13.5. The topological polar surface area (TPSA) is 80.4 Å². The Labute approximate surface area is 94.9 Å². The van der Waals surface area contributed by atoms with E-state index in [9.17, 15) is 13.4 Å². The molecule has 0 spiro atoms. The molecule has 0 saturated heterocycles. The fourth-order valence-corrected chi connectivity index (χ4v) is 2.01. The van der Waals surface area contributed by atoms with Gasteiger partial charge in [0.15, 0.2) is 11.1 Å². The summed E-state index contributed by atoms with van der Waals surface area (Å²) in [6.45, 7) is 1.70. The number of amides is 1. The van der Waals surface area contributed by atoms with Crippen molar-refractivity contribution in [1.29, 1.82) is 0 Å². The molecule has 3 N–H and O–H groups in total. The molecule has 0 aromatic heterocycles. The second kappa shape index (κ2) is 5.18. The van der Waals surface area contributed by atoms with Crippen LogP contribution in [0.4, 0.5) is 4.39 Å². The zero-order chi connectivity index (χ0) is 12.3. The van der Waals surface area contributed by atoms with Gasteiger partial charge >= 0.3 is 0 Å². The molecular formula is C10H12FNO3S. The van der Waals surface area contributed by atoms with Crippen molar-refractivity contribution in [3.8, 4) is 0 Å². The second-order valence-electron chi connectivity index (χ2n) is 3.47. The van der Waals surface area contributed by atoms with E-state index in [2.05, 4.69) is 0 Å². The van der Waals surface area contributed by atoms with Gasteiger partial charge in [0.25, 0.3) is 0 Å². The van der Waals surface area contributed by atoms with Gasteiger partial charge in [0.05, 0.1) is 11.7 Å². The fraction of sp³-hybridized carbons (Fsp3) is 0.300. The Morgan fingerprint density at radius 3 is 2.69 bits per heavy atom. The molecule has 0 saturated carbocycles. The number of primary amides is 1. The maximum Gasteiger partial charge on any atom is 0.226 e. The van der Waals surface area contributed by atoms with Crippen molar-refractivity contribution in [2.45, 2.75) is 12.8 Å². The lowest BCUT2D eigenvalue weighted by Gasteiger charge is -2.12. The summed E-state index contributed by atoms with van der Waals surface area (Å²) in [5.74, 6) is -2.87. The third-order valence-electron chi connectivity index (χ3n) is 2.18. The summed E-state index contributed by atoms with van der Waals surface area (Å²) in [6, 6.07) is 4.28. The quantitative estimate of drug-likeness (QED) is 0.774. The van der Waals surface area contributed by atoms with E-state index < -0.39 is 34.5 Å². The number of aryl methyl sites for hydroxylation is 1. The van der Waals surface area contributed by atoms with E-state index in [-0.39, 0.29) is 5.56 Å². The molecule has 1 rings (SSSR count). The van der Waals surface area contributed by atoms with Gasteiger partial charge in [0.2, 0.25) is 5.91 Å². The number of halogens is 1. The highest BCUT2D eigenvalue weighted by molar-refractivity contribution is 7.79. The highest BCUT2D eigenvalue weighted by Gasteiger charge is 2.23. The Kier molecular flexibility index (Phi) is 4.14. The number of hydrogen-bond donors (Lipinski definition) is 2. The van der Waals surface area contributed by atoms with Crippen molar-refractivity contribution in [2.75, 3.05) is 5.75 Å². The van der Waals surface area contributed by atoms with Gasteiger partial charge in [0.1, 0.15) is 5.82 Å². The molecule has 0 aliphatic carbocycles. The van der Waals surface area contributed by atoms with Gasteiger partial charge in [-0.25, -0.2) is 8.60 Å². The van der Waals surface area contributed by atoms with Crippen molar-refractivity contribution < 1.29 is 17.9 Å². The number of carbonyl (C=O) groups excluding carboxylic acids is 1. The highest BCUT2D eigenvalue weighted by atomic mass is 32.2. The maximum atomic E-state index is 13.5. The summed E-state index contributed by atoms with van der Waals surface area (Å²) in [7, 11) is 0. The zero-order valence-electron chi connectivity index (χ0n) is 8.64. The molecule has 0 heterocycles. The van der Waals surface area contributed by atoms with Crippen LogP contribution in [0.3, 0.4) is 0 Å². The van der Waals surface area contributed by atoms with E-state index >= 15 is 0 Å². The van der Waals surface area contributed by atoms with Gasteiger partial charge < -0.3 is 10.3 Å². The van der Waals surface area contributed by atoms with Crippen LogP contribution in [0.25, 0.3) is 0 Å². The van der Waals surface area contributed by atoms with Crippen LogP contribution in [-0.2, 0) is 15.9 Å². The summed E-state index contributed by atoms with van der Waals surface area (Å²) in [5.41, 5.74) is 5.83. The lowest BCUT2D eigenvalue weighted by atomic mass is 9.98. The van der Waals surface area contributed by atoms with Crippen LogP contribution in [0, 0.1) is 12.7 Å². The first-order chi connectivity index (χ1) is 7.41. The minimum atomic E-state index is -2.20. The van der Waals surface area contributed by atoms with Gasteiger partial charge in [-0.3, -0.25) is 4.79 Å². The molecule has 16 heavy (non-hydrogen) atoms. The van der Waals surface area contributed by atoms with Crippen molar-refractivity contribution >= 4 is 17.0 Å². The molecule has 2 unspecified atom stereocenters. The Hall–Kier alpha value is -1.27. The average molecular weight is 245 g/mol. The summed E-state index contributed by atoms with van der Waals surface area (Å²) >= 11 is -2.20. The van der Waals surface area contributed by atoms with Crippen LogP contribution < -0.4 is 5.73 Å². The van der Waals surface area contributed by atoms with Gasteiger partial charge in [0, 0.05) is 5.56 Å². The molecular weight excluding hydrogens is 233 g/mol. The molecule has 0 fully saturated rings. The number of rotatable bonds is 4. The van der Waals surface area contributed by atoms with Crippen LogP contribution in [0.15, 0.2) is 18.2 Å². The minimum absolute atomic E-state index is 0.0560. The van der Waals surface area contributed by atoms with Gasteiger partial charge in [-0.05, 0) is 18.6 Å². The number of carbonyl (C=O) groups is 1. The predicted octanol–water partition coefficient (Wildman–Crippen LogP) is 0.925. The molecule has 2 atom stereocenters. The third-order valence-corrected chi connectivity index (χ3v) is 2.80. The standard InChI is InChI=1S/C10H12FNO3S/c1-6-2-3-7(9(11)4-6)8(10(12)13)5-16(14)15/h2-4,8H,5H2,1H3,(H2,12,13)(H,14,15). The summed E-state index contributed by atoms with van der Waals surface area (Å²) in [5, 5.41) is 0. The van der Waals surface area contributed by atoms with E-state index in [1.54, 1.807) is 13.0 Å². The third kappa shape index (κ3) is 3.11. The first-order valence-electron chi connectivity index (χ1n) is 4.54. The van der Waals surface area contributed by atoms with Crippen LogP contribution in [-0.4, -0.2) is 20.4 Å². The monoisotopic (exact) mass is 245 g/mol. The highest BCUT2D eigenvalue weighted by Crippen LogP contribution is 2.21. The fourth-order valence-electron chi connectivity index (χ4n) is 1.38. The van der Waals surface area contributed by atoms with Crippen LogP contribution in [0.1, 0.15) is 17.0 Å². The van der Waals surface area contributed by atoms with Gasteiger partial charge in [-0.2, -0.15) is 0 Å². The molecule has 0 radical (unpaired) electrons. The Morgan fingerprint density at radius 2 is 2.25 bits per heavy atom. The lowest BCUT2D eigenvalue weighted by molar-refractivity contribution is -0.119. The van der Waals surface area contributed by atoms with Crippen molar-refractivity contribution in [3.05, 3.63) is 35.1 Å². The molecule has 0 aliphatic heterocycles. The largest absolute Gasteiger partial charge is 0.369 e. The smallest absolute Gasteiger partial charge is 0.226 e. The van der Waals surface area contributed by atoms with Crippen molar-refractivity contribution in [3.63, 3.8) is 0 Å². The predicted molar refractivity (Wildman–Crippen MR) is 58.7 cm³/mol. The molecule has 6 heteroatoms. The Bertz CT molecular complexity index is 436. The number of nitrogens with two attached hydrogens (primary N) is 1. The van der Waals surface area contributed by atoms with Crippen LogP contribution >= 0.6 is 0 Å². The van der Waals surface area contributed by atoms with E-state index in [1.807, 2.05) is 0 Å². The van der Waals surface area contributed by atoms with Crippen LogP contribution in [0.5, 0.6) is 0 Å². The first kappa shape index (κ1) is 12.8. The second-order valence-corrected chi connectivity index (χ2v) is 4.44. The average Bonchev–Trinajstić information content (AvgIpc) is 2.14. The molecule has 4 nitrogen and oxygen atoms in total. The number of hydrogen-bond acceptors (Lipinski definition) is 2. The van der Waals surface area contributed by atoms with Gasteiger partial charge in [-0.1, -0.05) is 12.1 Å². The van der Waals surface area contributed by atoms with Crippen molar-refractivity contribution in [1.82, 2.24) is 0 Å². The molecule has 1 aromatic rings. The minimum Gasteiger partial charge on any atom is -0.369 e. The van der Waals surface area contributed by atoms with E-state index in [4.69, 9.17) is 10.3 Å². The Balaban J connectivity index is 3.10. The van der Waals surface area contributed by atoms with E-state index in [0.717, 1.165) is 0 Å². The summed E-state index contributed by atoms with van der Waals surface area (Å²) in [6.07, 6.45) is 0. The normalized spacial score (nSPS) is 14.4. The van der Waals surface area contributed by atoms with E-state index in [0.29, 0.717) is 5.56 Å². The van der Waals surface area contributed by atoms with E-state index in [1.165, 1.54) is 12.1 Å². The summed E-state index contributed by atoms with van der Waals surface area (Å²) < 4.78 is 32.9. The molecule has 0 bridgehead atoms. The molecule has 88 valence electrons. The molecule has 0 aliphatic rings. The lowest BCUT2D eigenvalue weighted by Crippen LogP contribution is -2.26. The van der Waals surface area contributed by atoms with Crippen molar-refractivity contribution in [2.24, 2.45) is 5.73 Å². The molecule has 1 amide bonds. The SMILES string of the molecule is Cc1ccc(C(CS(=O)O)C(N)=O)c(F)c1. The van der Waals surface area contributed by atoms with Crippen LogP contribution in [0.2, 0.25) is 0 Å². The summed E-state index contributed by atoms with van der Waals surface area (Å²) in [4.78, 5) is 11.1. The zero-order valence-corrected chi connectivity index (χ0v) is 9.46.